The molecule has 6 heteroatoms. The van der Waals surface area contributed by atoms with E-state index in [0.717, 1.165) is 5.56 Å². The maximum atomic E-state index is 9.51. The van der Waals surface area contributed by atoms with E-state index in [1.165, 1.54) is 22.8 Å². The Morgan fingerprint density at radius 1 is 0.556 bits per heavy atom. The first-order valence-corrected chi connectivity index (χ1v) is 23.3. The molecule has 4 heterocycles. The molecular formula is C66H51N5O. The molecule has 13 aromatic rings. The minimum atomic E-state index is -0.625. The highest BCUT2D eigenvalue weighted by Gasteiger charge is 2.26. The van der Waals surface area contributed by atoms with E-state index < -0.39 is 109 Å². The standard InChI is InChI=1S/C66H51N5O/c1-44(66(2,3)4)47-37-38-67-63(39-47)71-58-34-16-13-29-55(58)64-61(70-56-32-14-11-27-53(56)54-28-12-15-33-57(54)70)41-50(42-62(64)71)72-49-26-19-25-48(40-49)68-43-69(60-36-18-17-35-59(60)68)65-51(45-21-7-5-8-22-45)30-20-31-52(65)46-23-9-6-10-24-46/h5-42,44H,1-4H3/i5D,6D,7D,8D,9D,10D,11D,12D,14D,15D,21D,22D,23D,24D,27D,28D,32D,33D. The predicted molar refractivity (Wildman–Crippen MR) is 295 cm³/mol. The molecule has 0 aliphatic carbocycles. The summed E-state index contributed by atoms with van der Waals surface area (Å²) in [5.41, 5.74) is 3.36. The number of pyridine rings is 1. The maximum Gasteiger partial charge on any atom is 0.269 e. The average Bonchev–Trinajstić information content (AvgIpc) is 1.79. The highest BCUT2D eigenvalue weighted by atomic mass is 16.5. The zero-order valence-corrected chi connectivity index (χ0v) is 39.3. The van der Waals surface area contributed by atoms with Crippen LogP contribution in [-0.2, 0) is 0 Å². The van der Waals surface area contributed by atoms with E-state index in [-0.39, 0.29) is 78.3 Å². The Morgan fingerprint density at radius 2 is 1.18 bits per heavy atom. The molecule has 9 aromatic carbocycles. The molecule has 1 atom stereocenters. The topological polar surface area (TPSA) is 40.8 Å². The van der Waals surface area contributed by atoms with Gasteiger partial charge in [-0.05, 0) is 87.6 Å². The van der Waals surface area contributed by atoms with Crippen LogP contribution in [0.15, 0.2) is 230 Å². The molecule has 346 valence electrons. The first-order chi connectivity index (χ1) is 42.7. The summed E-state index contributed by atoms with van der Waals surface area (Å²) in [4.78, 5) is 4.95. The third-order valence-electron chi connectivity index (χ3n) is 13.5. The Hall–Kier alpha value is -9.00. The number of nitrogens with zero attached hydrogens (tertiary/aromatic N) is 5. The first kappa shape index (κ1) is 28.0. The predicted octanol–water partition coefficient (Wildman–Crippen LogP) is 16.6. The Bertz CT molecular complexity index is 5070. The number of aromatic nitrogens is 5. The summed E-state index contributed by atoms with van der Waals surface area (Å²) < 4.78 is 175. The second-order valence-corrected chi connectivity index (χ2v) is 18.6. The van der Waals surface area contributed by atoms with Crippen LogP contribution in [0.5, 0.6) is 11.5 Å². The number of ether oxygens (including phenoxy) is 1. The Labute approximate surface area is 444 Å². The number of fused-ring (bicyclic) bond motifs is 7. The number of rotatable bonds is 9. The number of imidazole rings is 1. The summed E-state index contributed by atoms with van der Waals surface area (Å²) in [6, 6.07) is 23.6. The number of hydrogen-bond acceptors (Lipinski definition) is 2. The van der Waals surface area contributed by atoms with Crippen LogP contribution in [0.2, 0.25) is 0 Å². The first-order valence-electron chi connectivity index (χ1n) is 32.3. The Morgan fingerprint density at radius 3 is 1.88 bits per heavy atom. The summed E-state index contributed by atoms with van der Waals surface area (Å²) in [5.74, 6) is 1.05. The van der Waals surface area contributed by atoms with Crippen molar-refractivity contribution in [1.29, 1.82) is 0 Å². The van der Waals surface area contributed by atoms with Gasteiger partial charge in [0.15, 0.2) is 0 Å². The Balaban J connectivity index is 1.08. The molecule has 0 amide bonds. The van der Waals surface area contributed by atoms with Gasteiger partial charge in [-0.3, -0.25) is 13.7 Å². The molecule has 4 aromatic heterocycles. The lowest BCUT2D eigenvalue weighted by atomic mass is 9.78. The second-order valence-electron chi connectivity index (χ2n) is 18.6. The average molecular weight is 948 g/mol. The van der Waals surface area contributed by atoms with E-state index in [1.54, 1.807) is 69.9 Å². The van der Waals surface area contributed by atoms with Gasteiger partial charge in [-0.2, -0.15) is 0 Å². The van der Waals surface area contributed by atoms with E-state index in [9.17, 15) is 5.48 Å². The van der Waals surface area contributed by atoms with Gasteiger partial charge in [0.1, 0.15) is 17.3 Å². The number of hydrogen-bond donors (Lipinski definition) is 0. The summed E-state index contributed by atoms with van der Waals surface area (Å²) in [5, 5.41) is 1.00. The van der Waals surface area contributed by atoms with Crippen molar-refractivity contribution in [2.45, 2.75) is 33.6 Å². The second kappa shape index (κ2) is 17.1. The molecule has 0 saturated carbocycles. The fourth-order valence-corrected chi connectivity index (χ4v) is 9.72. The van der Waals surface area contributed by atoms with Crippen molar-refractivity contribution in [3.8, 4) is 56.6 Å². The minimum absolute atomic E-state index is 0.0705. The molecule has 1 unspecified atom stereocenters. The van der Waals surface area contributed by atoms with Gasteiger partial charge in [0.2, 0.25) is 0 Å². The molecule has 0 bridgehead atoms. The van der Waals surface area contributed by atoms with Crippen molar-refractivity contribution >= 4 is 54.6 Å². The molecule has 0 radical (unpaired) electrons. The summed E-state index contributed by atoms with van der Waals surface area (Å²) in [6.07, 6.45) is 5.16. The van der Waals surface area contributed by atoms with E-state index in [1.807, 2.05) is 47.0 Å². The van der Waals surface area contributed by atoms with E-state index in [4.69, 9.17) is 28.9 Å². The lowest BCUT2D eigenvalue weighted by Crippen LogP contribution is -2.31. The van der Waals surface area contributed by atoms with Crippen LogP contribution in [0.25, 0.3) is 99.8 Å². The number of para-hydroxylation sites is 6. The van der Waals surface area contributed by atoms with Crippen molar-refractivity contribution < 1.29 is 34.0 Å². The van der Waals surface area contributed by atoms with E-state index in [2.05, 4.69) is 34.0 Å². The molecule has 6 nitrogen and oxygen atoms in total. The lowest BCUT2D eigenvalue weighted by Gasteiger charge is -2.27. The third kappa shape index (κ3) is 7.17. The van der Waals surface area contributed by atoms with Crippen LogP contribution in [0.3, 0.4) is 0 Å². The maximum absolute atomic E-state index is 9.51. The van der Waals surface area contributed by atoms with Crippen molar-refractivity contribution in [2.75, 3.05) is 0 Å². The molecule has 0 spiro atoms. The van der Waals surface area contributed by atoms with E-state index >= 15 is 0 Å². The zero-order chi connectivity index (χ0) is 64.2. The van der Waals surface area contributed by atoms with Crippen molar-refractivity contribution in [3.63, 3.8) is 0 Å². The van der Waals surface area contributed by atoms with Crippen molar-refractivity contribution in [2.24, 2.45) is 5.41 Å². The molecule has 0 aliphatic heterocycles. The highest BCUT2D eigenvalue weighted by molar-refractivity contribution is 6.16. The minimum Gasteiger partial charge on any atom is -0.458 e. The molecule has 13 rings (SSSR count). The van der Waals surface area contributed by atoms with E-state index in [0.29, 0.717) is 44.3 Å². The van der Waals surface area contributed by atoms with Gasteiger partial charge in [0.25, 0.3) is 6.33 Å². The molecule has 72 heavy (non-hydrogen) atoms. The van der Waals surface area contributed by atoms with Gasteiger partial charge in [-0.25, -0.2) is 4.98 Å². The number of benzene rings is 9. The highest BCUT2D eigenvalue weighted by Crippen LogP contribution is 2.44. The summed E-state index contributed by atoms with van der Waals surface area (Å²) in [7, 11) is 0. The molecule has 0 saturated heterocycles. The van der Waals surface area contributed by atoms with Crippen LogP contribution >= 0.6 is 0 Å². The lowest BCUT2D eigenvalue weighted by molar-refractivity contribution is -0.571. The van der Waals surface area contributed by atoms with Crippen LogP contribution < -0.4 is 9.30 Å². The van der Waals surface area contributed by atoms with Gasteiger partial charge in [0, 0.05) is 39.9 Å². The van der Waals surface area contributed by atoms with Gasteiger partial charge in [-0.15, -0.1) is 0 Å². The van der Waals surface area contributed by atoms with Crippen LogP contribution in [0, 0.1) is 11.7 Å². The van der Waals surface area contributed by atoms with Gasteiger partial charge in [0.05, 0.1) is 74.8 Å². The molecular weight excluding hydrogens is 879 g/mol. The van der Waals surface area contributed by atoms with Gasteiger partial charge < -0.3 is 9.30 Å². The smallest absolute Gasteiger partial charge is 0.269 e. The van der Waals surface area contributed by atoms with Gasteiger partial charge in [-0.1, -0.05) is 191 Å². The van der Waals surface area contributed by atoms with Crippen LogP contribution in [-0.4, -0.2) is 18.7 Å². The fourth-order valence-electron chi connectivity index (χ4n) is 9.72. The third-order valence-corrected chi connectivity index (χ3v) is 13.5. The normalized spacial score (nSPS) is 15.9. The zero-order valence-electron chi connectivity index (χ0n) is 57.3. The molecule has 0 fully saturated rings. The van der Waals surface area contributed by atoms with Crippen LogP contribution in [0.1, 0.15) is 63.8 Å². The molecule has 0 N–H and O–H groups in total. The van der Waals surface area contributed by atoms with Crippen molar-refractivity contribution in [1.82, 2.24) is 18.7 Å². The van der Waals surface area contributed by atoms with Crippen molar-refractivity contribution in [3.05, 3.63) is 242 Å². The van der Waals surface area contributed by atoms with Crippen LogP contribution in [0.4, 0.5) is 0 Å². The largest absolute Gasteiger partial charge is 0.458 e. The van der Waals surface area contributed by atoms with Gasteiger partial charge >= 0.3 is 0 Å². The Kier molecular flexibility index (Phi) is 6.67. The quantitative estimate of drug-likeness (QED) is 0.107. The fraction of sp³-hybridized carbons (Fsp3) is 0.0909. The summed E-state index contributed by atoms with van der Waals surface area (Å²) >= 11 is 0. The summed E-state index contributed by atoms with van der Waals surface area (Å²) in [6.45, 7) is 8.62. The monoisotopic (exact) mass is 948 g/mol. The SMILES string of the molecule is [2H]c1c([2H])c([2H])c(-c2cccc(-c3c([2H])c([2H])c([2H])c([2H])c3[2H])c2-[n+]2[c-]n(-c3cccc(Oc4cc(-n5c6c([2H])c([2H])c([2H])c([2H])c6c6c([2H])c([2H])c([2H])c([2H])c65)c5c6ccccc6n(-c6cc(C(C)C(C)(C)C)ccn6)c5c4)c3)c3ccccc32)c([2H])c1[2H]. The molecule has 0 aliphatic rings.